The first-order valence-electron chi connectivity index (χ1n) is 10.8. The van der Waals surface area contributed by atoms with Crippen LogP contribution in [0.3, 0.4) is 0 Å². The number of nitrogens with one attached hydrogen (secondary N) is 1. The third kappa shape index (κ3) is 2.70. The first-order chi connectivity index (χ1) is 14.3. The minimum atomic E-state index is -0.638. The van der Waals surface area contributed by atoms with Crippen molar-refractivity contribution in [2.45, 2.75) is 50.6 Å². The monoisotopic (exact) mass is 414 g/mol. The molecular formula is C23H30N2O5. The Labute approximate surface area is 176 Å². The maximum atomic E-state index is 13.1. The smallest absolute Gasteiger partial charge is 0.318 e. The Morgan fingerprint density at radius 2 is 1.80 bits per heavy atom. The van der Waals surface area contributed by atoms with Gasteiger partial charge in [0.05, 0.1) is 25.2 Å². The first-order valence-corrected chi connectivity index (χ1v) is 10.8. The molecule has 4 saturated carbocycles. The summed E-state index contributed by atoms with van der Waals surface area (Å²) in [5.41, 5.74) is -0.118. The second kappa shape index (κ2) is 6.53. The van der Waals surface area contributed by atoms with E-state index >= 15 is 0 Å². The molecule has 5 aliphatic rings. The molecule has 1 saturated heterocycles. The van der Waals surface area contributed by atoms with Gasteiger partial charge >= 0.3 is 12.0 Å². The van der Waals surface area contributed by atoms with Gasteiger partial charge in [-0.15, -0.1) is 0 Å². The highest BCUT2D eigenvalue weighted by atomic mass is 16.5. The van der Waals surface area contributed by atoms with Crippen molar-refractivity contribution >= 4 is 12.0 Å². The van der Waals surface area contributed by atoms with Gasteiger partial charge in [-0.2, -0.15) is 0 Å². The van der Waals surface area contributed by atoms with Crippen LogP contribution >= 0.6 is 0 Å². The summed E-state index contributed by atoms with van der Waals surface area (Å²) >= 11 is 0. The molecule has 162 valence electrons. The summed E-state index contributed by atoms with van der Waals surface area (Å²) in [6, 6.07) is 5.86. The Hall–Kier alpha value is -2.44. The average Bonchev–Trinajstić information content (AvgIpc) is 3.02. The minimum Gasteiger partial charge on any atom is -0.493 e. The lowest BCUT2D eigenvalue weighted by Gasteiger charge is -2.59. The van der Waals surface area contributed by atoms with Crippen molar-refractivity contribution in [1.82, 2.24) is 10.2 Å². The molecule has 7 nitrogen and oxygen atoms in total. The van der Waals surface area contributed by atoms with Crippen molar-refractivity contribution in [2.75, 3.05) is 20.8 Å². The number of ether oxygens (including phenoxy) is 2. The van der Waals surface area contributed by atoms with Crippen LogP contribution in [0.2, 0.25) is 0 Å². The Morgan fingerprint density at radius 3 is 2.40 bits per heavy atom. The van der Waals surface area contributed by atoms with E-state index in [1.54, 1.807) is 14.2 Å². The third-order valence-electron chi connectivity index (χ3n) is 8.19. The van der Waals surface area contributed by atoms with Gasteiger partial charge in [0.15, 0.2) is 11.5 Å². The zero-order valence-corrected chi connectivity index (χ0v) is 17.8. The van der Waals surface area contributed by atoms with E-state index in [4.69, 9.17) is 9.47 Å². The van der Waals surface area contributed by atoms with Gasteiger partial charge in [-0.1, -0.05) is 6.07 Å². The largest absolute Gasteiger partial charge is 0.493 e. The number of carboxylic acid groups (broad SMARTS) is 1. The molecule has 6 rings (SSSR count). The number of methoxy groups -OCH3 is 2. The minimum absolute atomic E-state index is 0.0471. The topological polar surface area (TPSA) is 88.1 Å². The second-order valence-electron chi connectivity index (χ2n) is 10.0. The molecule has 5 fully saturated rings. The van der Waals surface area contributed by atoms with Crippen LogP contribution in [0.1, 0.15) is 44.6 Å². The Bertz CT molecular complexity index is 886. The molecule has 4 aliphatic carbocycles. The van der Waals surface area contributed by atoms with Crippen molar-refractivity contribution < 1.29 is 24.2 Å². The standard InChI is InChI=1S/C23H30N2O5/c1-22(16-4-5-17(29-2)18(8-16)30-3)12-25(21(28)24-22)19-14-6-13-7-15(19)11-23(9-13,10-14)20(26)27/h4-5,8,13-15,19H,6-7,9-12H2,1-3H3,(H,24,28)(H,26,27). The fraction of sp³-hybridized carbons (Fsp3) is 0.652. The van der Waals surface area contributed by atoms with E-state index in [0.717, 1.165) is 24.8 Å². The number of benzene rings is 1. The Balaban J connectivity index is 1.42. The molecule has 0 radical (unpaired) electrons. The van der Waals surface area contributed by atoms with Gasteiger partial charge in [-0.3, -0.25) is 4.79 Å². The lowest BCUT2D eigenvalue weighted by Crippen LogP contribution is -2.61. The number of nitrogens with zero attached hydrogens (tertiary/aromatic N) is 1. The normalized spacial score (nSPS) is 39.2. The Morgan fingerprint density at radius 1 is 1.13 bits per heavy atom. The summed E-state index contributed by atoms with van der Waals surface area (Å²) in [6.07, 6.45) is 4.32. The SMILES string of the molecule is COc1ccc(C2(C)CN(C3C4CC5CC3CC(C(=O)O)(C5)C4)C(=O)N2)cc1OC. The number of aliphatic carboxylic acids is 1. The molecule has 2 N–H and O–H groups in total. The number of amides is 2. The van der Waals surface area contributed by atoms with Gasteiger partial charge < -0.3 is 24.8 Å². The van der Waals surface area contributed by atoms with Gasteiger partial charge in [-0.05, 0) is 74.5 Å². The highest BCUT2D eigenvalue weighted by Crippen LogP contribution is 2.61. The molecule has 3 unspecified atom stereocenters. The van der Waals surface area contributed by atoms with E-state index in [0.29, 0.717) is 36.8 Å². The molecule has 1 aromatic carbocycles. The fourth-order valence-electron chi connectivity index (χ4n) is 7.11. The highest BCUT2D eigenvalue weighted by Gasteiger charge is 2.61. The van der Waals surface area contributed by atoms with Gasteiger partial charge in [0, 0.05) is 12.6 Å². The summed E-state index contributed by atoms with van der Waals surface area (Å²) in [4.78, 5) is 27.2. The van der Waals surface area contributed by atoms with Gasteiger partial charge in [-0.25, -0.2) is 4.79 Å². The van der Waals surface area contributed by atoms with Crippen LogP contribution in [0.25, 0.3) is 0 Å². The molecule has 7 heteroatoms. The van der Waals surface area contributed by atoms with E-state index in [1.165, 1.54) is 0 Å². The van der Waals surface area contributed by atoms with Crippen LogP contribution in [0.4, 0.5) is 4.79 Å². The van der Waals surface area contributed by atoms with Gasteiger partial charge in [0.25, 0.3) is 0 Å². The maximum Gasteiger partial charge on any atom is 0.318 e. The highest BCUT2D eigenvalue weighted by molar-refractivity contribution is 5.79. The molecule has 1 aromatic rings. The van der Waals surface area contributed by atoms with E-state index in [9.17, 15) is 14.7 Å². The number of carbonyl (C=O) groups excluding carboxylic acids is 1. The lowest BCUT2D eigenvalue weighted by molar-refractivity contribution is -0.170. The lowest BCUT2D eigenvalue weighted by atomic mass is 9.47. The Kier molecular flexibility index (Phi) is 4.25. The van der Waals surface area contributed by atoms with Crippen LogP contribution in [0.5, 0.6) is 11.5 Å². The zero-order chi connectivity index (χ0) is 21.3. The molecule has 1 aliphatic heterocycles. The number of hydrogen-bond donors (Lipinski definition) is 2. The van der Waals surface area contributed by atoms with Crippen LogP contribution < -0.4 is 14.8 Å². The zero-order valence-electron chi connectivity index (χ0n) is 17.8. The third-order valence-corrected chi connectivity index (χ3v) is 8.19. The summed E-state index contributed by atoms with van der Waals surface area (Å²) in [7, 11) is 3.21. The molecule has 2 amide bonds. The molecule has 1 heterocycles. The van der Waals surface area contributed by atoms with E-state index in [1.807, 2.05) is 30.0 Å². The van der Waals surface area contributed by atoms with E-state index in [-0.39, 0.29) is 23.9 Å². The molecule has 0 spiro atoms. The summed E-state index contributed by atoms with van der Waals surface area (Å²) < 4.78 is 10.8. The number of rotatable bonds is 5. The van der Waals surface area contributed by atoms with Crippen LogP contribution in [0, 0.1) is 23.2 Å². The number of carbonyl (C=O) groups is 2. The van der Waals surface area contributed by atoms with Crippen LogP contribution in [-0.2, 0) is 10.3 Å². The van der Waals surface area contributed by atoms with Gasteiger partial charge in [0.1, 0.15) is 0 Å². The quantitative estimate of drug-likeness (QED) is 0.772. The van der Waals surface area contributed by atoms with Crippen molar-refractivity contribution in [3.05, 3.63) is 23.8 Å². The fourth-order valence-corrected chi connectivity index (χ4v) is 7.11. The molecule has 4 bridgehead atoms. The number of carboxylic acids is 1. The van der Waals surface area contributed by atoms with E-state index < -0.39 is 16.9 Å². The van der Waals surface area contributed by atoms with Crippen molar-refractivity contribution in [1.29, 1.82) is 0 Å². The molecule has 3 atom stereocenters. The van der Waals surface area contributed by atoms with E-state index in [2.05, 4.69) is 5.32 Å². The van der Waals surface area contributed by atoms with Gasteiger partial charge in [0.2, 0.25) is 0 Å². The van der Waals surface area contributed by atoms with Crippen LogP contribution in [0.15, 0.2) is 18.2 Å². The predicted molar refractivity (Wildman–Crippen MR) is 110 cm³/mol. The average molecular weight is 415 g/mol. The van der Waals surface area contributed by atoms with Crippen LogP contribution in [-0.4, -0.2) is 48.8 Å². The summed E-state index contributed by atoms with van der Waals surface area (Å²) in [5.74, 6) is 1.73. The molecular weight excluding hydrogens is 384 g/mol. The maximum absolute atomic E-state index is 13.1. The first kappa shape index (κ1) is 19.5. The summed E-state index contributed by atoms with van der Waals surface area (Å²) in [6.45, 7) is 2.62. The number of hydrogen-bond acceptors (Lipinski definition) is 4. The molecule has 0 aromatic heterocycles. The van der Waals surface area contributed by atoms with Crippen molar-refractivity contribution in [3.8, 4) is 11.5 Å². The summed E-state index contributed by atoms with van der Waals surface area (Å²) in [5, 5.41) is 13.1. The predicted octanol–water partition coefficient (Wildman–Crippen LogP) is 3.22. The second-order valence-corrected chi connectivity index (χ2v) is 10.0. The van der Waals surface area contributed by atoms with Crippen molar-refractivity contribution in [3.63, 3.8) is 0 Å². The van der Waals surface area contributed by atoms with Crippen molar-refractivity contribution in [2.24, 2.45) is 23.2 Å². The molecule has 30 heavy (non-hydrogen) atoms. The number of urea groups is 1.